The summed E-state index contributed by atoms with van der Waals surface area (Å²) in [5.74, 6) is -0.497. The van der Waals surface area contributed by atoms with Crippen molar-refractivity contribution >= 4 is 17.8 Å². The van der Waals surface area contributed by atoms with Gasteiger partial charge in [-0.25, -0.2) is 4.79 Å². The van der Waals surface area contributed by atoms with E-state index in [0.29, 0.717) is 6.42 Å². The number of amides is 4. The molecule has 1 aliphatic heterocycles. The summed E-state index contributed by atoms with van der Waals surface area (Å²) in [5, 5.41) is 5.78. The Morgan fingerprint density at radius 3 is 2.70 bits per heavy atom. The van der Waals surface area contributed by atoms with Crippen molar-refractivity contribution in [2.45, 2.75) is 65.0 Å². The van der Waals surface area contributed by atoms with Gasteiger partial charge < -0.3 is 10.6 Å². The standard InChI is InChI=1S/C21H29N3O3/c1-13-8-9-17(11-14(13)2)16(4)22-18(25)12-24-19(26)21(23-20(24)27)10-6-5-7-15(21)3/h8-9,11,15-16H,5-7,10,12H2,1-4H3,(H,22,25)(H,23,27)/t15-,16+,21-/m1/s1. The Labute approximate surface area is 160 Å². The maximum Gasteiger partial charge on any atom is 0.325 e. The van der Waals surface area contributed by atoms with Gasteiger partial charge in [0.25, 0.3) is 5.91 Å². The van der Waals surface area contributed by atoms with Crippen LogP contribution in [0.15, 0.2) is 18.2 Å². The molecule has 3 atom stereocenters. The molecule has 2 aliphatic rings. The summed E-state index contributed by atoms with van der Waals surface area (Å²) in [7, 11) is 0. The summed E-state index contributed by atoms with van der Waals surface area (Å²) in [6.45, 7) is 7.74. The molecular weight excluding hydrogens is 342 g/mol. The van der Waals surface area contributed by atoms with Gasteiger partial charge in [-0.3, -0.25) is 14.5 Å². The monoisotopic (exact) mass is 371 g/mol. The fourth-order valence-electron chi connectivity index (χ4n) is 4.19. The minimum atomic E-state index is -0.824. The van der Waals surface area contributed by atoms with E-state index in [-0.39, 0.29) is 30.3 Å². The van der Waals surface area contributed by atoms with Gasteiger partial charge in [0.05, 0.1) is 6.04 Å². The highest BCUT2D eigenvalue weighted by atomic mass is 16.2. The minimum Gasteiger partial charge on any atom is -0.348 e. The molecule has 4 amide bonds. The van der Waals surface area contributed by atoms with Crippen LogP contribution in [0.3, 0.4) is 0 Å². The van der Waals surface area contributed by atoms with Crippen molar-refractivity contribution in [1.82, 2.24) is 15.5 Å². The van der Waals surface area contributed by atoms with Crippen molar-refractivity contribution in [2.24, 2.45) is 5.92 Å². The third-order valence-electron chi connectivity index (χ3n) is 6.21. The van der Waals surface area contributed by atoms with E-state index in [9.17, 15) is 14.4 Å². The van der Waals surface area contributed by atoms with Crippen LogP contribution in [0, 0.1) is 19.8 Å². The fraction of sp³-hybridized carbons (Fsp3) is 0.571. The molecule has 1 heterocycles. The second-order valence-electron chi connectivity index (χ2n) is 8.07. The van der Waals surface area contributed by atoms with E-state index in [4.69, 9.17) is 0 Å². The van der Waals surface area contributed by atoms with Crippen molar-refractivity contribution < 1.29 is 14.4 Å². The van der Waals surface area contributed by atoms with Crippen LogP contribution in [-0.2, 0) is 9.59 Å². The molecule has 3 rings (SSSR count). The summed E-state index contributed by atoms with van der Waals surface area (Å²) >= 11 is 0. The molecule has 1 aromatic rings. The van der Waals surface area contributed by atoms with E-state index >= 15 is 0 Å². The summed E-state index contributed by atoms with van der Waals surface area (Å²) in [5.41, 5.74) is 2.54. The third-order valence-corrected chi connectivity index (χ3v) is 6.21. The highest BCUT2D eigenvalue weighted by molar-refractivity contribution is 6.09. The molecule has 0 bridgehead atoms. The van der Waals surface area contributed by atoms with Gasteiger partial charge in [-0.15, -0.1) is 0 Å². The molecule has 0 unspecified atom stereocenters. The molecular formula is C21H29N3O3. The van der Waals surface area contributed by atoms with Crippen LogP contribution in [0.4, 0.5) is 4.79 Å². The van der Waals surface area contributed by atoms with Crippen molar-refractivity contribution in [3.63, 3.8) is 0 Å². The van der Waals surface area contributed by atoms with Gasteiger partial charge >= 0.3 is 6.03 Å². The molecule has 1 saturated carbocycles. The lowest BCUT2D eigenvalue weighted by Gasteiger charge is -2.36. The van der Waals surface area contributed by atoms with Gasteiger partial charge in [0.1, 0.15) is 12.1 Å². The number of hydrogen-bond donors (Lipinski definition) is 2. The first kappa shape index (κ1) is 19.4. The lowest BCUT2D eigenvalue weighted by atomic mass is 9.73. The Hall–Kier alpha value is -2.37. The van der Waals surface area contributed by atoms with Crippen LogP contribution in [0.25, 0.3) is 0 Å². The molecule has 6 heteroatoms. The van der Waals surface area contributed by atoms with Crippen molar-refractivity contribution in [3.05, 3.63) is 34.9 Å². The molecule has 27 heavy (non-hydrogen) atoms. The number of nitrogens with one attached hydrogen (secondary N) is 2. The highest BCUT2D eigenvalue weighted by Crippen LogP contribution is 2.38. The van der Waals surface area contributed by atoms with E-state index in [0.717, 1.165) is 35.3 Å². The smallest absolute Gasteiger partial charge is 0.325 e. The Bertz CT molecular complexity index is 776. The highest BCUT2D eigenvalue weighted by Gasteiger charge is 2.55. The van der Waals surface area contributed by atoms with E-state index < -0.39 is 11.6 Å². The van der Waals surface area contributed by atoms with Crippen LogP contribution < -0.4 is 10.6 Å². The molecule has 6 nitrogen and oxygen atoms in total. The topological polar surface area (TPSA) is 78.5 Å². The van der Waals surface area contributed by atoms with E-state index in [2.05, 4.69) is 10.6 Å². The van der Waals surface area contributed by atoms with Crippen LogP contribution in [0.1, 0.15) is 62.3 Å². The number of carbonyl (C=O) groups is 3. The van der Waals surface area contributed by atoms with Crippen LogP contribution >= 0.6 is 0 Å². The second-order valence-corrected chi connectivity index (χ2v) is 8.07. The number of carbonyl (C=O) groups excluding carboxylic acids is 3. The van der Waals surface area contributed by atoms with Crippen molar-refractivity contribution in [1.29, 1.82) is 0 Å². The largest absolute Gasteiger partial charge is 0.348 e. The molecule has 2 N–H and O–H groups in total. The maximum absolute atomic E-state index is 12.9. The third kappa shape index (κ3) is 3.57. The van der Waals surface area contributed by atoms with Crippen molar-refractivity contribution in [3.8, 4) is 0 Å². The lowest BCUT2D eigenvalue weighted by Crippen LogP contribution is -2.54. The predicted octanol–water partition coefficient (Wildman–Crippen LogP) is 2.98. The van der Waals surface area contributed by atoms with Gasteiger partial charge in [0.2, 0.25) is 5.91 Å². The van der Waals surface area contributed by atoms with E-state index in [1.165, 1.54) is 5.56 Å². The minimum absolute atomic E-state index is 0.0882. The summed E-state index contributed by atoms with van der Waals surface area (Å²) in [6.07, 6.45) is 3.55. The SMILES string of the molecule is Cc1ccc([C@H](C)NC(=O)CN2C(=O)N[C@@]3(CCCC[C@H]3C)C2=O)cc1C. The number of urea groups is 1. The number of rotatable bonds is 4. The molecule has 146 valence electrons. The van der Waals surface area contributed by atoms with Gasteiger partial charge in [-0.05, 0) is 56.2 Å². The van der Waals surface area contributed by atoms with Gasteiger partial charge in [0, 0.05) is 0 Å². The number of hydrogen-bond acceptors (Lipinski definition) is 3. The zero-order chi connectivity index (χ0) is 19.8. The molecule has 1 aromatic carbocycles. The van der Waals surface area contributed by atoms with Crippen LogP contribution in [0.5, 0.6) is 0 Å². The normalized spacial score (nSPS) is 26.2. The number of nitrogens with zero attached hydrogens (tertiary/aromatic N) is 1. The first-order chi connectivity index (χ1) is 12.7. The zero-order valence-electron chi connectivity index (χ0n) is 16.6. The molecule has 0 aromatic heterocycles. The lowest BCUT2D eigenvalue weighted by molar-refractivity contribution is -0.137. The van der Waals surface area contributed by atoms with E-state index in [1.54, 1.807) is 0 Å². The Balaban J connectivity index is 1.66. The quantitative estimate of drug-likeness (QED) is 0.799. The Kier molecular flexibility index (Phi) is 5.27. The first-order valence-electron chi connectivity index (χ1n) is 9.75. The number of aryl methyl sites for hydroxylation is 2. The summed E-state index contributed by atoms with van der Waals surface area (Å²) < 4.78 is 0. The number of benzene rings is 1. The molecule has 1 saturated heterocycles. The molecule has 1 aliphatic carbocycles. The average molecular weight is 371 g/mol. The van der Waals surface area contributed by atoms with Crippen LogP contribution in [0.2, 0.25) is 0 Å². The number of imide groups is 1. The maximum atomic E-state index is 12.9. The average Bonchev–Trinajstić information content (AvgIpc) is 2.85. The predicted molar refractivity (Wildman–Crippen MR) is 103 cm³/mol. The summed E-state index contributed by atoms with van der Waals surface area (Å²) in [6, 6.07) is 5.41. The molecule has 2 fully saturated rings. The molecule has 0 radical (unpaired) electrons. The van der Waals surface area contributed by atoms with Gasteiger partial charge in [0.15, 0.2) is 0 Å². The van der Waals surface area contributed by atoms with E-state index in [1.807, 2.05) is 45.9 Å². The van der Waals surface area contributed by atoms with Gasteiger partial charge in [-0.1, -0.05) is 38.0 Å². The van der Waals surface area contributed by atoms with Gasteiger partial charge in [-0.2, -0.15) is 0 Å². The Morgan fingerprint density at radius 2 is 2.04 bits per heavy atom. The second kappa shape index (κ2) is 7.33. The van der Waals surface area contributed by atoms with Crippen LogP contribution in [-0.4, -0.2) is 34.8 Å². The summed E-state index contributed by atoms with van der Waals surface area (Å²) in [4.78, 5) is 38.9. The van der Waals surface area contributed by atoms with Crippen molar-refractivity contribution in [2.75, 3.05) is 6.54 Å². The Morgan fingerprint density at radius 1 is 1.30 bits per heavy atom. The fourth-order valence-corrected chi connectivity index (χ4v) is 4.19. The molecule has 1 spiro atoms. The zero-order valence-corrected chi connectivity index (χ0v) is 16.6. The first-order valence-corrected chi connectivity index (χ1v) is 9.75.